The number of rotatable bonds is 1. The van der Waals surface area contributed by atoms with E-state index in [1.807, 2.05) is 6.07 Å². The van der Waals surface area contributed by atoms with Gasteiger partial charge in [-0.05, 0) is 12.1 Å². The molecule has 0 spiro atoms. The van der Waals surface area contributed by atoms with Gasteiger partial charge in [-0.2, -0.15) is 5.26 Å². The summed E-state index contributed by atoms with van der Waals surface area (Å²) in [4.78, 5) is 0. The van der Waals surface area contributed by atoms with E-state index in [9.17, 15) is 0 Å². The zero-order valence-electron chi connectivity index (χ0n) is 5.94. The highest BCUT2D eigenvalue weighted by atomic mass is 35.5. The van der Waals surface area contributed by atoms with Crippen LogP contribution in [0.2, 0.25) is 10.0 Å². The first kappa shape index (κ1) is 9.67. The average Bonchev–Trinajstić information content (AvgIpc) is 2.06. The molecule has 0 aromatic heterocycles. The maximum atomic E-state index is 8.61. The van der Waals surface area contributed by atoms with Crippen LogP contribution in [0.15, 0.2) is 12.1 Å². The molecule has 62 valence electrons. The third-order valence-corrected chi connectivity index (χ3v) is 2.49. The molecule has 0 saturated heterocycles. The fourth-order valence-electron chi connectivity index (χ4n) is 0.806. The molecule has 1 aromatic carbocycles. The van der Waals surface area contributed by atoms with Crippen molar-refractivity contribution in [3.05, 3.63) is 33.3 Å². The second-order valence-corrected chi connectivity index (χ2v) is 3.19. The van der Waals surface area contributed by atoms with Gasteiger partial charge in [-0.1, -0.05) is 23.2 Å². The summed E-state index contributed by atoms with van der Waals surface area (Å²) in [6, 6.07) is 5.13. The molecule has 4 heteroatoms. The number of nitriles is 1. The summed E-state index contributed by atoms with van der Waals surface area (Å²) < 4.78 is 0. The minimum atomic E-state index is 0.215. The second-order valence-electron chi connectivity index (χ2n) is 2.13. The largest absolute Gasteiger partial charge is 0.192 e. The van der Waals surface area contributed by atoms with Crippen LogP contribution in [0.3, 0.4) is 0 Å². The van der Waals surface area contributed by atoms with Gasteiger partial charge < -0.3 is 0 Å². The average molecular weight is 220 g/mol. The smallest absolute Gasteiger partial charge is 0.101 e. The standard InChI is InChI=1S/C8H4Cl3N/c9-3-6-7(10)2-1-5(4-12)8(6)11/h1-2H,3H2. The van der Waals surface area contributed by atoms with Gasteiger partial charge in [-0.15, -0.1) is 11.6 Å². The highest BCUT2D eigenvalue weighted by Gasteiger charge is 2.08. The SMILES string of the molecule is N#Cc1ccc(Cl)c(CCl)c1Cl. The maximum absolute atomic E-state index is 8.61. The molecule has 0 saturated carbocycles. The Morgan fingerprint density at radius 3 is 2.50 bits per heavy atom. The van der Waals surface area contributed by atoms with E-state index in [-0.39, 0.29) is 5.88 Å². The van der Waals surface area contributed by atoms with Crippen molar-refractivity contribution < 1.29 is 0 Å². The van der Waals surface area contributed by atoms with Gasteiger partial charge in [0.15, 0.2) is 0 Å². The van der Waals surface area contributed by atoms with E-state index in [2.05, 4.69) is 0 Å². The second kappa shape index (κ2) is 4.00. The molecule has 0 fully saturated rings. The van der Waals surface area contributed by atoms with Crippen LogP contribution in [0.5, 0.6) is 0 Å². The molecule has 12 heavy (non-hydrogen) atoms. The Hall–Kier alpha value is -0.420. The van der Waals surface area contributed by atoms with Crippen LogP contribution in [0.4, 0.5) is 0 Å². The van der Waals surface area contributed by atoms with E-state index in [1.54, 1.807) is 12.1 Å². The van der Waals surface area contributed by atoms with E-state index in [4.69, 9.17) is 40.1 Å². The summed E-state index contributed by atoms with van der Waals surface area (Å²) in [5.41, 5.74) is 1.01. The number of hydrogen-bond acceptors (Lipinski definition) is 1. The topological polar surface area (TPSA) is 23.8 Å². The summed E-state index contributed by atoms with van der Waals surface area (Å²) in [5, 5.41) is 9.45. The first-order chi connectivity index (χ1) is 5.70. The van der Waals surface area contributed by atoms with Gasteiger partial charge in [-0.3, -0.25) is 0 Å². The van der Waals surface area contributed by atoms with Crippen molar-refractivity contribution in [3.63, 3.8) is 0 Å². The summed E-state index contributed by atoms with van der Waals surface area (Å²) in [7, 11) is 0. The summed E-state index contributed by atoms with van der Waals surface area (Å²) >= 11 is 17.2. The van der Waals surface area contributed by atoms with Crippen LogP contribution in [-0.4, -0.2) is 0 Å². The van der Waals surface area contributed by atoms with Gasteiger partial charge in [0.1, 0.15) is 6.07 Å². The first-order valence-electron chi connectivity index (χ1n) is 3.13. The normalized spacial score (nSPS) is 9.50. The Balaban J connectivity index is 3.36. The minimum Gasteiger partial charge on any atom is -0.192 e. The molecule has 0 N–H and O–H groups in total. The van der Waals surface area contributed by atoms with Crippen molar-refractivity contribution in [2.24, 2.45) is 0 Å². The van der Waals surface area contributed by atoms with Crippen molar-refractivity contribution in [2.45, 2.75) is 5.88 Å². The number of hydrogen-bond donors (Lipinski definition) is 0. The molecule has 1 rings (SSSR count). The molecule has 0 aliphatic heterocycles. The van der Waals surface area contributed by atoms with E-state index < -0.39 is 0 Å². The van der Waals surface area contributed by atoms with Gasteiger partial charge in [0.05, 0.1) is 16.5 Å². The molecule has 0 aliphatic carbocycles. The highest BCUT2D eigenvalue weighted by Crippen LogP contribution is 2.28. The monoisotopic (exact) mass is 219 g/mol. The first-order valence-corrected chi connectivity index (χ1v) is 4.42. The number of benzene rings is 1. The van der Waals surface area contributed by atoms with E-state index in [0.717, 1.165) is 0 Å². The van der Waals surface area contributed by atoms with Crippen LogP contribution in [-0.2, 0) is 5.88 Å². The Bertz CT molecular complexity index is 341. The van der Waals surface area contributed by atoms with E-state index in [1.165, 1.54) is 0 Å². The van der Waals surface area contributed by atoms with Crippen molar-refractivity contribution in [3.8, 4) is 6.07 Å². The van der Waals surface area contributed by atoms with Gasteiger partial charge >= 0.3 is 0 Å². The van der Waals surface area contributed by atoms with Gasteiger partial charge in [0.2, 0.25) is 0 Å². The van der Waals surface area contributed by atoms with Crippen molar-refractivity contribution in [1.82, 2.24) is 0 Å². The lowest BCUT2D eigenvalue weighted by molar-refractivity contribution is 1.37. The molecule has 0 atom stereocenters. The highest BCUT2D eigenvalue weighted by molar-refractivity contribution is 6.37. The van der Waals surface area contributed by atoms with Gasteiger partial charge in [-0.25, -0.2) is 0 Å². The quantitative estimate of drug-likeness (QED) is 0.663. The van der Waals surface area contributed by atoms with E-state index >= 15 is 0 Å². The molecule has 1 aromatic rings. The summed E-state index contributed by atoms with van der Waals surface area (Å²) in [6.07, 6.45) is 0. The molecular weight excluding hydrogens is 216 g/mol. The summed E-state index contributed by atoms with van der Waals surface area (Å²) in [5.74, 6) is 0.215. The zero-order valence-corrected chi connectivity index (χ0v) is 8.21. The Morgan fingerprint density at radius 2 is 2.00 bits per heavy atom. The third kappa shape index (κ3) is 1.67. The number of halogens is 3. The molecule has 0 heterocycles. The molecule has 1 nitrogen and oxygen atoms in total. The molecule has 0 bridgehead atoms. The van der Waals surface area contributed by atoms with Crippen LogP contribution < -0.4 is 0 Å². The van der Waals surface area contributed by atoms with Crippen molar-refractivity contribution in [2.75, 3.05) is 0 Å². The van der Waals surface area contributed by atoms with Crippen molar-refractivity contribution >= 4 is 34.8 Å². The predicted molar refractivity (Wildman–Crippen MR) is 50.7 cm³/mol. The predicted octanol–water partition coefficient (Wildman–Crippen LogP) is 3.60. The van der Waals surface area contributed by atoms with Crippen molar-refractivity contribution in [1.29, 1.82) is 5.26 Å². The lowest BCUT2D eigenvalue weighted by Crippen LogP contribution is -1.86. The lowest BCUT2D eigenvalue weighted by Gasteiger charge is -2.03. The zero-order chi connectivity index (χ0) is 9.14. The maximum Gasteiger partial charge on any atom is 0.101 e. The number of nitrogens with zero attached hydrogens (tertiary/aromatic N) is 1. The number of alkyl halides is 1. The third-order valence-electron chi connectivity index (χ3n) is 1.44. The molecule has 0 radical (unpaired) electrons. The Kier molecular flexibility index (Phi) is 3.22. The molecule has 0 aliphatic rings. The van der Waals surface area contributed by atoms with E-state index in [0.29, 0.717) is 21.2 Å². The lowest BCUT2D eigenvalue weighted by atomic mass is 10.1. The minimum absolute atomic E-state index is 0.215. The fraction of sp³-hybridized carbons (Fsp3) is 0.125. The van der Waals surface area contributed by atoms with Gasteiger partial charge in [0.25, 0.3) is 0 Å². The summed E-state index contributed by atoms with van der Waals surface area (Å²) in [6.45, 7) is 0. The Morgan fingerprint density at radius 1 is 1.33 bits per heavy atom. The Labute approximate surface area is 85.5 Å². The van der Waals surface area contributed by atoms with Crippen LogP contribution >= 0.6 is 34.8 Å². The fourth-order valence-corrected chi connectivity index (χ4v) is 1.77. The van der Waals surface area contributed by atoms with Gasteiger partial charge in [0, 0.05) is 10.6 Å². The van der Waals surface area contributed by atoms with Crippen LogP contribution in [0.1, 0.15) is 11.1 Å². The molecule has 0 amide bonds. The van der Waals surface area contributed by atoms with Crippen LogP contribution in [0.25, 0.3) is 0 Å². The molecular formula is C8H4Cl3N. The van der Waals surface area contributed by atoms with Crippen LogP contribution in [0, 0.1) is 11.3 Å². The molecule has 0 unspecified atom stereocenters.